The monoisotopic (exact) mass is 254 g/mol. The standard InChI is InChI=1S/C14H22O2S/c1-14(2,16-3)10-9-12(15)11-7-5-6-8-13(11)17-4/h5-8,12,15H,9-10H2,1-4H3. The van der Waals surface area contributed by atoms with Gasteiger partial charge < -0.3 is 9.84 Å². The zero-order valence-corrected chi connectivity index (χ0v) is 11.9. The fourth-order valence-corrected chi connectivity index (χ4v) is 2.34. The summed E-state index contributed by atoms with van der Waals surface area (Å²) < 4.78 is 5.36. The third-order valence-electron chi connectivity index (χ3n) is 3.07. The Balaban J connectivity index is 2.67. The highest BCUT2D eigenvalue weighted by atomic mass is 32.2. The molecule has 0 aliphatic rings. The highest BCUT2D eigenvalue weighted by molar-refractivity contribution is 7.98. The van der Waals surface area contributed by atoms with E-state index in [1.54, 1.807) is 18.9 Å². The maximum atomic E-state index is 10.2. The minimum atomic E-state index is -0.409. The van der Waals surface area contributed by atoms with Crippen molar-refractivity contribution in [3.8, 4) is 0 Å². The van der Waals surface area contributed by atoms with Crippen molar-refractivity contribution < 1.29 is 9.84 Å². The Bertz CT molecular complexity index is 350. The van der Waals surface area contributed by atoms with E-state index in [9.17, 15) is 5.11 Å². The van der Waals surface area contributed by atoms with Gasteiger partial charge in [-0.15, -0.1) is 11.8 Å². The van der Waals surface area contributed by atoms with Crippen LogP contribution < -0.4 is 0 Å². The molecule has 0 aromatic heterocycles. The Morgan fingerprint density at radius 2 is 2.00 bits per heavy atom. The molecule has 0 radical (unpaired) electrons. The molecule has 1 atom stereocenters. The van der Waals surface area contributed by atoms with Gasteiger partial charge >= 0.3 is 0 Å². The number of aliphatic hydroxyl groups excluding tert-OH is 1. The van der Waals surface area contributed by atoms with E-state index in [0.29, 0.717) is 0 Å². The first-order valence-corrected chi connectivity index (χ1v) is 7.09. The van der Waals surface area contributed by atoms with Gasteiger partial charge in [0.05, 0.1) is 11.7 Å². The van der Waals surface area contributed by atoms with Crippen LogP contribution in [-0.4, -0.2) is 24.1 Å². The summed E-state index contributed by atoms with van der Waals surface area (Å²) in [7, 11) is 1.71. The van der Waals surface area contributed by atoms with E-state index >= 15 is 0 Å². The molecule has 1 N–H and O–H groups in total. The van der Waals surface area contributed by atoms with Gasteiger partial charge in [0.15, 0.2) is 0 Å². The molecule has 2 nitrogen and oxygen atoms in total. The van der Waals surface area contributed by atoms with E-state index < -0.39 is 6.10 Å². The van der Waals surface area contributed by atoms with Gasteiger partial charge in [0.25, 0.3) is 0 Å². The van der Waals surface area contributed by atoms with Crippen LogP contribution in [0.2, 0.25) is 0 Å². The minimum Gasteiger partial charge on any atom is -0.388 e. The van der Waals surface area contributed by atoms with Crippen molar-refractivity contribution in [2.45, 2.75) is 43.3 Å². The van der Waals surface area contributed by atoms with E-state index in [0.717, 1.165) is 23.3 Å². The molecule has 0 fully saturated rings. The summed E-state index contributed by atoms with van der Waals surface area (Å²) in [6.45, 7) is 4.08. The van der Waals surface area contributed by atoms with Gasteiger partial charge in [-0.2, -0.15) is 0 Å². The molecule has 17 heavy (non-hydrogen) atoms. The Hall–Kier alpha value is -0.510. The lowest BCUT2D eigenvalue weighted by Gasteiger charge is -2.24. The van der Waals surface area contributed by atoms with Gasteiger partial charge in [0.2, 0.25) is 0 Å². The fourth-order valence-electron chi connectivity index (χ4n) is 1.68. The first-order chi connectivity index (χ1) is 8.00. The zero-order valence-electron chi connectivity index (χ0n) is 11.1. The molecule has 3 heteroatoms. The van der Waals surface area contributed by atoms with E-state index in [2.05, 4.69) is 0 Å². The molecule has 0 aliphatic heterocycles. The average Bonchev–Trinajstić information content (AvgIpc) is 2.36. The second kappa shape index (κ2) is 6.43. The van der Waals surface area contributed by atoms with Crippen molar-refractivity contribution in [2.24, 2.45) is 0 Å². The van der Waals surface area contributed by atoms with Gasteiger partial charge in [-0.05, 0) is 44.6 Å². The summed E-state index contributed by atoms with van der Waals surface area (Å²) in [4.78, 5) is 1.15. The third kappa shape index (κ3) is 4.34. The van der Waals surface area contributed by atoms with E-state index in [-0.39, 0.29) is 5.60 Å². The maximum absolute atomic E-state index is 10.2. The Morgan fingerprint density at radius 3 is 2.59 bits per heavy atom. The summed E-state index contributed by atoms with van der Waals surface area (Å²) in [5.74, 6) is 0. The second-order valence-electron chi connectivity index (χ2n) is 4.76. The number of rotatable bonds is 6. The lowest BCUT2D eigenvalue weighted by Crippen LogP contribution is -2.23. The van der Waals surface area contributed by atoms with E-state index in [4.69, 9.17) is 4.74 Å². The Morgan fingerprint density at radius 1 is 1.35 bits per heavy atom. The highest BCUT2D eigenvalue weighted by Crippen LogP contribution is 2.30. The highest BCUT2D eigenvalue weighted by Gasteiger charge is 2.20. The number of thioether (sulfide) groups is 1. The summed E-state index contributed by atoms with van der Waals surface area (Å²) in [6.07, 6.45) is 3.18. The van der Waals surface area contributed by atoms with Crippen LogP contribution in [0.15, 0.2) is 29.2 Å². The molecule has 0 bridgehead atoms. The van der Waals surface area contributed by atoms with Crippen LogP contribution in [-0.2, 0) is 4.74 Å². The first-order valence-electron chi connectivity index (χ1n) is 5.86. The summed E-state index contributed by atoms with van der Waals surface area (Å²) in [5, 5.41) is 10.2. The molecule has 0 amide bonds. The lowest BCUT2D eigenvalue weighted by atomic mass is 9.97. The van der Waals surface area contributed by atoms with Crippen molar-refractivity contribution in [3.05, 3.63) is 29.8 Å². The summed E-state index contributed by atoms with van der Waals surface area (Å²) in [5.41, 5.74) is 0.849. The smallest absolute Gasteiger partial charge is 0.0801 e. The molecule has 96 valence electrons. The first kappa shape index (κ1) is 14.6. The molecule has 1 aromatic rings. The molecule has 1 rings (SSSR count). The minimum absolute atomic E-state index is 0.171. The molecule has 0 heterocycles. The van der Waals surface area contributed by atoms with Crippen LogP contribution in [0, 0.1) is 0 Å². The van der Waals surface area contributed by atoms with Crippen LogP contribution >= 0.6 is 11.8 Å². The Kier molecular flexibility index (Phi) is 5.50. The van der Waals surface area contributed by atoms with Crippen molar-refractivity contribution in [2.75, 3.05) is 13.4 Å². The Labute approximate surface area is 108 Å². The van der Waals surface area contributed by atoms with Crippen LogP contribution in [0.5, 0.6) is 0 Å². The zero-order chi connectivity index (χ0) is 12.9. The molecule has 0 aliphatic carbocycles. The van der Waals surface area contributed by atoms with Crippen molar-refractivity contribution in [1.82, 2.24) is 0 Å². The van der Waals surface area contributed by atoms with Gasteiger partial charge in [-0.25, -0.2) is 0 Å². The number of hydrogen-bond donors (Lipinski definition) is 1. The number of methoxy groups -OCH3 is 1. The van der Waals surface area contributed by atoms with E-state index in [1.165, 1.54) is 0 Å². The molecular formula is C14H22O2S. The largest absolute Gasteiger partial charge is 0.388 e. The summed E-state index contributed by atoms with van der Waals surface area (Å²) >= 11 is 1.67. The van der Waals surface area contributed by atoms with Crippen molar-refractivity contribution >= 4 is 11.8 Å². The van der Waals surface area contributed by atoms with Gasteiger partial charge in [0, 0.05) is 12.0 Å². The summed E-state index contributed by atoms with van der Waals surface area (Å²) in [6, 6.07) is 8.02. The molecule has 1 unspecified atom stereocenters. The van der Waals surface area contributed by atoms with Crippen LogP contribution in [0.25, 0.3) is 0 Å². The lowest BCUT2D eigenvalue weighted by molar-refractivity contribution is 0.00256. The van der Waals surface area contributed by atoms with Crippen LogP contribution in [0.1, 0.15) is 38.4 Å². The van der Waals surface area contributed by atoms with Crippen LogP contribution in [0.4, 0.5) is 0 Å². The third-order valence-corrected chi connectivity index (χ3v) is 3.88. The number of ether oxygens (including phenoxy) is 1. The fraction of sp³-hybridized carbons (Fsp3) is 0.571. The number of aliphatic hydroxyl groups is 1. The van der Waals surface area contributed by atoms with Crippen molar-refractivity contribution in [3.63, 3.8) is 0 Å². The number of benzene rings is 1. The van der Waals surface area contributed by atoms with Crippen LogP contribution in [0.3, 0.4) is 0 Å². The molecule has 0 saturated carbocycles. The molecular weight excluding hydrogens is 232 g/mol. The van der Waals surface area contributed by atoms with E-state index in [1.807, 2.05) is 44.4 Å². The van der Waals surface area contributed by atoms with Gasteiger partial charge in [-0.1, -0.05) is 18.2 Å². The predicted octanol–water partition coefficient (Wildman–Crippen LogP) is 3.65. The average molecular weight is 254 g/mol. The van der Waals surface area contributed by atoms with Gasteiger partial charge in [-0.3, -0.25) is 0 Å². The molecule has 1 aromatic carbocycles. The maximum Gasteiger partial charge on any atom is 0.0801 e. The van der Waals surface area contributed by atoms with Crippen molar-refractivity contribution in [1.29, 1.82) is 0 Å². The second-order valence-corrected chi connectivity index (χ2v) is 5.61. The SMILES string of the molecule is COC(C)(C)CCC(O)c1ccccc1SC. The molecule has 0 spiro atoms. The number of hydrogen-bond acceptors (Lipinski definition) is 3. The quantitative estimate of drug-likeness (QED) is 0.786. The van der Waals surface area contributed by atoms with Gasteiger partial charge in [0.1, 0.15) is 0 Å². The predicted molar refractivity (Wildman–Crippen MR) is 73.5 cm³/mol. The molecule has 0 saturated heterocycles. The topological polar surface area (TPSA) is 29.5 Å². The normalized spacial score (nSPS) is 13.7.